The molecule has 0 radical (unpaired) electrons. The minimum atomic E-state index is -0.278. The van der Waals surface area contributed by atoms with Crippen LogP contribution in [0.15, 0.2) is 18.2 Å². The van der Waals surface area contributed by atoms with Gasteiger partial charge in [-0.15, -0.1) is 0 Å². The number of fused-ring (bicyclic) bond motifs is 1. The minimum Gasteiger partial charge on any atom is -0.358 e. The van der Waals surface area contributed by atoms with E-state index in [4.69, 9.17) is 0 Å². The Morgan fingerprint density at radius 1 is 1.26 bits per heavy atom. The van der Waals surface area contributed by atoms with Gasteiger partial charge < -0.3 is 10.3 Å². The summed E-state index contributed by atoms with van der Waals surface area (Å²) in [5, 5.41) is 3.85. The Hall–Kier alpha value is -1.84. The van der Waals surface area contributed by atoms with E-state index in [2.05, 4.69) is 24.1 Å². The average Bonchev–Trinajstić information content (AvgIpc) is 2.74. The first kappa shape index (κ1) is 17.5. The van der Waals surface area contributed by atoms with E-state index in [1.807, 2.05) is 13.8 Å². The lowest BCUT2D eigenvalue weighted by atomic mass is 10.0. The third-order valence-corrected chi connectivity index (χ3v) is 4.24. The Morgan fingerprint density at radius 3 is 2.70 bits per heavy atom. The van der Waals surface area contributed by atoms with E-state index in [1.54, 1.807) is 6.07 Å². The van der Waals surface area contributed by atoms with Crippen LogP contribution in [0, 0.1) is 18.7 Å². The topological polar surface area (TPSA) is 44.9 Å². The van der Waals surface area contributed by atoms with Crippen LogP contribution in [0.4, 0.5) is 4.39 Å². The van der Waals surface area contributed by atoms with Crippen molar-refractivity contribution in [3.63, 3.8) is 0 Å². The number of aromatic nitrogens is 1. The molecule has 1 unspecified atom stereocenters. The van der Waals surface area contributed by atoms with Crippen LogP contribution in [-0.2, 0) is 11.2 Å². The van der Waals surface area contributed by atoms with E-state index in [0.29, 0.717) is 5.92 Å². The van der Waals surface area contributed by atoms with Crippen molar-refractivity contribution in [2.45, 2.75) is 59.4 Å². The molecule has 0 aliphatic carbocycles. The first-order valence-corrected chi connectivity index (χ1v) is 8.43. The SMILES string of the molecule is Cc1[nH]c2ccc(F)cc2c1CC(=O)NC(C)CCCC(C)C. The average molecular weight is 318 g/mol. The number of carbonyl (C=O) groups is 1. The zero-order chi connectivity index (χ0) is 17.0. The van der Waals surface area contributed by atoms with Crippen LogP contribution >= 0.6 is 0 Å². The third kappa shape index (κ3) is 4.81. The Kier molecular flexibility index (Phi) is 5.80. The molecule has 2 N–H and O–H groups in total. The van der Waals surface area contributed by atoms with Gasteiger partial charge in [-0.2, -0.15) is 0 Å². The fourth-order valence-corrected chi connectivity index (χ4v) is 2.97. The maximum absolute atomic E-state index is 13.5. The molecule has 0 spiro atoms. The summed E-state index contributed by atoms with van der Waals surface area (Å²) in [7, 11) is 0. The van der Waals surface area contributed by atoms with Gasteiger partial charge in [-0.1, -0.05) is 26.7 Å². The Labute approximate surface area is 137 Å². The quantitative estimate of drug-likeness (QED) is 0.776. The Bertz CT molecular complexity index is 675. The molecule has 1 aromatic carbocycles. The number of H-pyrrole nitrogens is 1. The monoisotopic (exact) mass is 318 g/mol. The summed E-state index contributed by atoms with van der Waals surface area (Å²) in [5.74, 6) is 0.414. The molecule has 1 amide bonds. The van der Waals surface area contributed by atoms with Gasteiger partial charge in [-0.05, 0) is 49.9 Å². The van der Waals surface area contributed by atoms with Gasteiger partial charge in [-0.3, -0.25) is 4.79 Å². The van der Waals surface area contributed by atoms with Gasteiger partial charge in [0.2, 0.25) is 5.91 Å². The predicted octanol–water partition coefficient (Wildman–Crippen LogP) is 4.49. The lowest BCUT2D eigenvalue weighted by Crippen LogP contribution is -2.33. The molecule has 1 aromatic heterocycles. The van der Waals surface area contributed by atoms with Gasteiger partial charge in [0, 0.05) is 22.6 Å². The summed E-state index contributed by atoms with van der Waals surface area (Å²) < 4.78 is 13.5. The minimum absolute atomic E-state index is 0.00434. The van der Waals surface area contributed by atoms with Crippen molar-refractivity contribution in [3.8, 4) is 0 Å². The largest absolute Gasteiger partial charge is 0.358 e. The smallest absolute Gasteiger partial charge is 0.224 e. The number of amides is 1. The summed E-state index contributed by atoms with van der Waals surface area (Å²) >= 11 is 0. The van der Waals surface area contributed by atoms with Crippen LogP contribution in [0.1, 0.15) is 51.3 Å². The molecule has 0 aliphatic heterocycles. The maximum Gasteiger partial charge on any atom is 0.224 e. The van der Waals surface area contributed by atoms with Crippen LogP contribution in [-0.4, -0.2) is 16.9 Å². The van der Waals surface area contributed by atoms with Gasteiger partial charge >= 0.3 is 0 Å². The van der Waals surface area contributed by atoms with E-state index in [9.17, 15) is 9.18 Å². The number of nitrogens with one attached hydrogen (secondary N) is 2. The van der Waals surface area contributed by atoms with Crippen molar-refractivity contribution in [2.75, 3.05) is 0 Å². The molecular formula is C19H27FN2O. The van der Waals surface area contributed by atoms with Crippen LogP contribution in [0.25, 0.3) is 10.9 Å². The first-order valence-electron chi connectivity index (χ1n) is 8.43. The number of benzene rings is 1. The molecule has 2 rings (SSSR count). The lowest BCUT2D eigenvalue weighted by molar-refractivity contribution is -0.121. The van der Waals surface area contributed by atoms with Crippen LogP contribution in [0.2, 0.25) is 0 Å². The van der Waals surface area contributed by atoms with Crippen molar-refractivity contribution < 1.29 is 9.18 Å². The van der Waals surface area contributed by atoms with Crippen molar-refractivity contribution in [1.82, 2.24) is 10.3 Å². The summed E-state index contributed by atoms with van der Waals surface area (Å²) in [4.78, 5) is 15.5. The molecular weight excluding hydrogens is 291 g/mol. The van der Waals surface area contributed by atoms with E-state index < -0.39 is 0 Å². The summed E-state index contributed by atoms with van der Waals surface area (Å²) in [5.41, 5.74) is 2.68. The van der Waals surface area contributed by atoms with Gasteiger partial charge in [0.05, 0.1) is 6.42 Å². The zero-order valence-electron chi connectivity index (χ0n) is 14.5. The third-order valence-electron chi connectivity index (χ3n) is 4.24. The highest BCUT2D eigenvalue weighted by Gasteiger charge is 2.14. The number of carbonyl (C=O) groups excluding carboxylic acids is 1. The second-order valence-corrected chi connectivity index (χ2v) is 6.89. The number of hydrogen-bond acceptors (Lipinski definition) is 1. The van der Waals surface area contributed by atoms with E-state index in [1.165, 1.54) is 18.6 Å². The van der Waals surface area contributed by atoms with Crippen LogP contribution in [0.3, 0.4) is 0 Å². The number of aromatic amines is 1. The van der Waals surface area contributed by atoms with E-state index in [-0.39, 0.29) is 24.2 Å². The molecule has 23 heavy (non-hydrogen) atoms. The normalized spacial score (nSPS) is 12.8. The maximum atomic E-state index is 13.5. The summed E-state index contributed by atoms with van der Waals surface area (Å²) in [6, 6.07) is 4.81. The van der Waals surface area contributed by atoms with Gasteiger partial charge in [0.25, 0.3) is 0 Å². The summed E-state index contributed by atoms with van der Waals surface area (Å²) in [6.45, 7) is 8.39. The highest BCUT2D eigenvalue weighted by Crippen LogP contribution is 2.23. The molecule has 0 fully saturated rings. The Morgan fingerprint density at radius 2 is 2.00 bits per heavy atom. The molecule has 1 heterocycles. The number of aryl methyl sites for hydroxylation is 1. The van der Waals surface area contributed by atoms with E-state index >= 15 is 0 Å². The molecule has 126 valence electrons. The molecule has 0 saturated heterocycles. The molecule has 0 saturated carbocycles. The van der Waals surface area contributed by atoms with E-state index in [0.717, 1.165) is 35.0 Å². The second-order valence-electron chi connectivity index (χ2n) is 6.89. The molecule has 0 aliphatic rings. The molecule has 3 nitrogen and oxygen atoms in total. The van der Waals surface area contributed by atoms with Crippen molar-refractivity contribution in [3.05, 3.63) is 35.3 Å². The number of halogens is 1. The Balaban J connectivity index is 1.97. The highest BCUT2D eigenvalue weighted by atomic mass is 19.1. The van der Waals surface area contributed by atoms with Crippen LogP contribution in [0.5, 0.6) is 0 Å². The van der Waals surface area contributed by atoms with Crippen LogP contribution < -0.4 is 5.32 Å². The standard InChI is InChI=1S/C19H27FN2O/c1-12(2)6-5-7-13(3)21-19(23)11-16-14(4)22-18-9-8-15(20)10-17(16)18/h8-10,12-13,22H,5-7,11H2,1-4H3,(H,21,23). The molecule has 0 bridgehead atoms. The molecule has 2 aromatic rings. The molecule has 1 atom stereocenters. The summed E-state index contributed by atoms with van der Waals surface area (Å²) in [6.07, 6.45) is 3.58. The number of hydrogen-bond donors (Lipinski definition) is 2. The van der Waals surface area contributed by atoms with Crippen molar-refractivity contribution in [2.24, 2.45) is 5.92 Å². The van der Waals surface area contributed by atoms with Gasteiger partial charge in [0.15, 0.2) is 0 Å². The van der Waals surface area contributed by atoms with Crippen molar-refractivity contribution in [1.29, 1.82) is 0 Å². The fraction of sp³-hybridized carbons (Fsp3) is 0.526. The van der Waals surface area contributed by atoms with Crippen molar-refractivity contribution >= 4 is 16.8 Å². The fourth-order valence-electron chi connectivity index (χ4n) is 2.97. The molecule has 4 heteroatoms. The number of rotatable bonds is 7. The highest BCUT2D eigenvalue weighted by molar-refractivity contribution is 5.90. The van der Waals surface area contributed by atoms with Gasteiger partial charge in [-0.25, -0.2) is 4.39 Å². The predicted molar refractivity (Wildman–Crippen MR) is 93.0 cm³/mol. The second kappa shape index (κ2) is 7.62. The van der Waals surface area contributed by atoms with Gasteiger partial charge in [0.1, 0.15) is 5.82 Å². The lowest BCUT2D eigenvalue weighted by Gasteiger charge is -2.14. The zero-order valence-corrected chi connectivity index (χ0v) is 14.5. The first-order chi connectivity index (χ1) is 10.9.